The van der Waals surface area contributed by atoms with Gasteiger partial charge in [-0.3, -0.25) is 0 Å². The molecule has 18 heavy (non-hydrogen) atoms. The number of aryl methyl sites for hydroxylation is 1. The fraction of sp³-hybridized carbons (Fsp3) is 0.600. The smallest absolute Gasteiger partial charge is 0.0579 e. The Balaban J connectivity index is 1.79. The highest BCUT2D eigenvalue weighted by Gasteiger charge is 2.38. The summed E-state index contributed by atoms with van der Waals surface area (Å²) in [6, 6.07) is 8.65. The van der Waals surface area contributed by atoms with Gasteiger partial charge in [0.1, 0.15) is 0 Å². The molecule has 0 saturated carbocycles. The molecule has 0 bridgehead atoms. The SMILES string of the molecule is Cc1cccc(CCN(C)CC2(CO)COC2)c1. The first kappa shape index (κ1) is 13.5. The van der Waals surface area contributed by atoms with E-state index in [-0.39, 0.29) is 12.0 Å². The highest BCUT2D eigenvalue weighted by atomic mass is 16.5. The van der Waals surface area contributed by atoms with E-state index < -0.39 is 0 Å². The van der Waals surface area contributed by atoms with E-state index in [4.69, 9.17) is 4.74 Å². The molecule has 1 aliphatic heterocycles. The maximum absolute atomic E-state index is 9.40. The molecule has 3 heteroatoms. The number of hydrogen-bond acceptors (Lipinski definition) is 3. The van der Waals surface area contributed by atoms with E-state index in [0.29, 0.717) is 13.2 Å². The Morgan fingerprint density at radius 1 is 1.39 bits per heavy atom. The van der Waals surface area contributed by atoms with Crippen LogP contribution in [0.2, 0.25) is 0 Å². The first-order valence-corrected chi connectivity index (χ1v) is 6.56. The first-order valence-electron chi connectivity index (χ1n) is 6.56. The Kier molecular flexibility index (Phi) is 4.38. The number of aliphatic hydroxyl groups is 1. The van der Waals surface area contributed by atoms with Gasteiger partial charge in [0.15, 0.2) is 0 Å². The third-order valence-corrected chi connectivity index (χ3v) is 3.62. The zero-order chi connectivity index (χ0) is 13.0. The molecule has 100 valence electrons. The first-order chi connectivity index (χ1) is 8.63. The summed E-state index contributed by atoms with van der Waals surface area (Å²) in [6.07, 6.45) is 1.06. The van der Waals surface area contributed by atoms with Crippen LogP contribution in [0.15, 0.2) is 24.3 Å². The molecule has 1 aromatic carbocycles. The average Bonchev–Trinajstić information content (AvgIpc) is 2.31. The van der Waals surface area contributed by atoms with E-state index in [0.717, 1.165) is 19.5 Å². The summed E-state index contributed by atoms with van der Waals surface area (Å²) in [5, 5.41) is 9.40. The molecule has 0 spiro atoms. The van der Waals surface area contributed by atoms with Gasteiger partial charge in [0.05, 0.1) is 25.2 Å². The fourth-order valence-electron chi connectivity index (χ4n) is 2.46. The van der Waals surface area contributed by atoms with Crippen molar-refractivity contribution in [1.82, 2.24) is 4.90 Å². The van der Waals surface area contributed by atoms with Crippen LogP contribution >= 0.6 is 0 Å². The lowest BCUT2D eigenvalue weighted by Crippen LogP contribution is -2.52. The lowest BCUT2D eigenvalue weighted by atomic mass is 9.86. The molecule has 0 aromatic heterocycles. The Hall–Kier alpha value is -0.900. The fourth-order valence-corrected chi connectivity index (χ4v) is 2.46. The van der Waals surface area contributed by atoms with Crippen molar-refractivity contribution in [3.05, 3.63) is 35.4 Å². The summed E-state index contributed by atoms with van der Waals surface area (Å²) in [4.78, 5) is 2.29. The van der Waals surface area contributed by atoms with E-state index in [9.17, 15) is 5.11 Å². The highest BCUT2D eigenvalue weighted by molar-refractivity contribution is 5.22. The molecular formula is C15H23NO2. The summed E-state index contributed by atoms with van der Waals surface area (Å²) in [6.45, 7) is 5.67. The molecule has 1 N–H and O–H groups in total. The van der Waals surface area contributed by atoms with Crippen LogP contribution in [0.1, 0.15) is 11.1 Å². The lowest BCUT2D eigenvalue weighted by molar-refractivity contribution is -0.146. The quantitative estimate of drug-likeness (QED) is 0.829. The molecule has 1 saturated heterocycles. The molecule has 0 radical (unpaired) electrons. The standard InChI is InChI=1S/C15H23NO2/c1-13-4-3-5-14(8-13)6-7-16(2)9-15(10-17)11-18-12-15/h3-5,8,17H,6-7,9-12H2,1-2H3. The molecule has 3 nitrogen and oxygen atoms in total. The van der Waals surface area contributed by atoms with Crippen LogP contribution in [-0.4, -0.2) is 50.0 Å². The van der Waals surface area contributed by atoms with Crippen molar-refractivity contribution in [1.29, 1.82) is 0 Å². The highest BCUT2D eigenvalue weighted by Crippen LogP contribution is 2.27. The normalized spacial score (nSPS) is 17.8. The van der Waals surface area contributed by atoms with Gasteiger partial charge in [-0.2, -0.15) is 0 Å². The molecule has 1 fully saturated rings. The molecule has 0 unspecified atom stereocenters. The zero-order valence-corrected chi connectivity index (χ0v) is 11.4. The Morgan fingerprint density at radius 3 is 2.72 bits per heavy atom. The number of ether oxygens (including phenoxy) is 1. The maximum atomic E-state index is 9.40. The van der Waals surface area contributed by atoms with E-state index in [1.807, 2.05) is 0 Å². The van der Waals surface area contributed by atoms with Crippen LogP contribution < -0.4 is 0 Å². The van der Waals surface area contributed by atoms with Gasteiger partial charge in [0.2, 0.25) is 0 Å². The molecule has 1 aromatic rings. The van der Waals surface area contributed by atoms with Crippen LogP contribution in [0.25, 0.3) is 0 Å². The minimum Gasteiger partial charge on any atom is -0.396 e. The second-order valence-corrected chi connectivity index (χ2v) is 5.63. The maximum Gasteiger partial charge on any atom is 0.0579 e. The van der Waals surface area contributed by atoms with E-state index in [2.05, 4.69) is 43.1 Å². The monoisotopic (exact) mass is 249 g/mol. The number of rotatable bonds is 6. The van der Waals surface area contributed by atoms with E-state index in [1.54, 1.807) is 0 Å². The van der Waals surface area contributed by atoms with Crippen LogP contribution in [0, 0.1) is 12.3 Å². The van der Waals surface area contributed by atoms with Crippen molar-refractivity contribution in [2.24, 2.45) is 5.41 Å². The predicted octanol–water partition coefficient (Wildman–Crippen LogP) is 1.48. The molecule has 2 rings (SSSR count). The third-order valence-electron chi connectivity index (χ3n) is 3.62. The molecule has 1 heterocycles. The summed E-state index contributed by atoms with van der Waals surface area (Å²) >= 11 is 0. The van der Waals surface area contributed by atoms with Crippen LogP contribution in [0.4, 0.5) is 0 Å². The van der Waals surface area contributed by atoms with Crippen LogP contribution in [0.5, 0.6) is 0 Å². The number of nitrogens with zero attached hydrogens (tertiary/aromatic N) is 1. The van der Waals surface area contributed by atoms with Crippen molar-refractivity contribution in [3.8, 4) is 0 Å². The van der Waals surface area contributed by atoms with Gasteiger partial charge in [-0.1, -0.05) is 29.8 Å². The minimum atomic E-state index is -0.0125. The van der Waals surface area contributed by atoms with Gasteiger partial charge < -0.3 is 14.7 Å². The molecule has 0 atom stereocenters. The van der Waals surface area contributed by atoms with Gasteiger partial charge in [0, 0.05) is 13.1 Å². The van der Waals surface area contributed by atoms with Crippen LogP contribution in [0.3, 0.4) is 0 Å². The van der Waals surface area contributed by atoms with Crippen molar-refractivity contribution in [2.75, 3.05) is 40.0 Å². The molecule has 0 aliphatic carbocycles. The summed E-state index contributed by atoms with van der Waals surface area (Å²) < 4.78 is 5.22. The minimum absolute atomic E-state index is 0.0125. The van der Waals surface area contributed by atoms with Crippen molar-refractivity contribution in [2.45, 2.75) is 13.3 Å². The van der Waals surface area contributed by atoms with Crippen molar-refractivity contribution >= 4 is 0 Å². The van der Waals surface area contributed by atoms with Gasteiger partial charge in [-0.05, 0) is 26.0 Å². The molecule has 0 amide bonds. The summed E-state index contributed by atoms with van der Waals surface area (Å²) in [7, 11) is 2.12. The summed E-state index contributed by atoms with van der Waals surface area (Å²) in [5.41, 5.74) is 2.68. The van der Waals surface area contributed by atoms with Gasteiger partial charge in [-0.25, -0.2) is 0 Å². The molecule has 1 aliphatic rings. The summed E-state index contributed by atoms with van der Waals surface area (Å²) in [5.74, 6) is 0. The number of aliphatic hydroxyl groups excluding tert-OH is 1. The zero-order valence-electron chi connectivity index (χ0n) is 11.4. The lowest BCUT2D eigenvalue weighted by Gasteiger charge is -2.42. The van der Waals surface area contributed by atoms with E-state index >= 15 is 0 Å². The Morgan fingerprint density at radius 2 is 2.17 bits per heavy atom. The average molecular weight is 249 g/mol. The van der Waals surface area contributed by atoms with Crippen molar-refractivity contribution in [3.63, 3.8) is 0 Å². The topological polar surface area (TPSA) is 32.7 Å². The van der Waals surface area contributed by atoms with Gasteiger partial charge in [0.25, 0.3) is 0 Å². The van der Waals surface area contributed by atoms with Crippen molar-refractivity contribution < 1.29 is 9.84 Å². The number of benzene rings is 1. The second-order valence-electron chi connectivity index (χ2n) is 5.63. The number of hydrogen-bond donors (Lipinski definition) is 1. The predicted molar refractivity (Wildman–Crippen MR) is 72.7 cm³/mol. The van der Waals surface area contributed by atoms with Crippen LogP contribution in [-0.2, 0) is 11.2 Å². The Labute approximate surface area is 109 Å². The molecular weight excluding hydrogens is 226 g/mol. The third kappa shape index (κ3) is 3.31. The number of likely N-dealkylation sites (N-methyl/N-ethyl adjacent to an activating group) is 1. The van der Waals surface area contributed by atoms with E-state index in [1.165, 1.54) is 11.1 Å². The van der Waals surface area contributed by atoms with Gasteiger partial charge in [-0.15, -0.1) is 0 Å². The van der Waals surface area contributed by atoms with Gasteiger partial charge >= 0.3 is 0 Å². The Bertz CT molecular complexity index is 382. The largest absolute Gasteiger partial charge is 0.396 e. The second kappa shape index (κ2) is 5.83.